The Morgan fingerprint density at radius 1 is 1.00 bits per heavy atom. The molecule has 0 amide bonds. The summed E-state index contributed by atoms with van der Waals surface area (Å²) in [4.78, 5) is 17.6. The fourth-order valence-corrected chi connectivity index (χ4v) is 11.4. The maximum atomic E-state index is 12.6. The van der Waals surface area contributed by atoms with Crippen LogP contribution in [-0.4, -0.2) is 61.6 Å². The Morgan fingerprint density at radius 3 is 2.63 bits per heavy atom. The zero-order chi connectivity index (χ0) is 45.4. The number of methoxy groups -OCH3 is 1. The van der Waals surface area contributed by atoms with E-state index in [-0.39, 0.29) is 48.2 Å². The predicted octanol–water partition coefficient (Wildman–Crippen LogP) is 9.04. The third-order valence-electron chi connectivity index (χ3n) is 14.3. The van der Waals surface area contributed by atoms with Crippen molar-refractivity contribution < 1.29 is 34.0 Å². The summed E-state index contributed by atoms with van der Waals surface area (Å²) in [7, 11) is 3.50. The maximum Gasteiger partial charge on any atom is 0.302 e. The molecule has 9 rings (SSSR count). The minimum atomic E-state index is -0.611. The number of anilines is 2. The van der Waals surface area contributed by atoms with Crippen LogP contribution in [-0.2, 0) is 40.6 Å². The molecule has 0 radical (unpaired) electrons. The zero-order valence-corrected chi connectivity index (χ0v) is 38.1. The molecule has 4 aliphatic rings. The van der Waals surface area contributed by atoms with Crippen LogP contribution in [0.1, 0.15) is 115 Å². The molecule has 1 spiro atoms. The van der Waals surface area contributed by atoms with Crippen LogP contribution in [0.3, 0.4) is 0 Å². The Morgan fingerprint density at radius 2 is 1.85 bits per heavy atom. The van der Waals surface area contributed by atoms with Gasteiger partial charge in [-0.05, 0) is 140 Å². The van der Waals surface area contributed by atoms with E-state index in [0.717, 1.165) is 107 Å². The lowest BCUT2D eigenvalue weighted by molar-refractivity contribution is -0.141. The predicted molar refractivity (Wildman–Crippen MR) is 253 cm³/mol. The standard InChI is InChI=1S/C54H60N4O7/c1-6-32-24-42-38(16-15-33-11-8-9-13-44(33)57-7-2)35-19-20-54(28-35)29-36-23-37(60)26-48(62-5)49(36)40-18-17-39-43(30-64-31(3)59)51(65-52(39)50(40)54)41-27-47(63-22-21-56-4)46(61)25-34(41)12-10-14-45(42)58-53(32)55/h8-9,11,13,17-18,23-27,35,38,43,51,56-57,60-61H,6-7,12,15-16,19-22,28-30H2,1-5H3,(H2,55,58)/t35-,38+,43-,51+,54+/m0/s1. The Labute approximate surface area is 382 Å². The number of nitrogen functional groups attached to an aromatic ring is 1. The summed E-state index contributed by atoms with van der Waals surface area (Å²) in [6, 6.07) is 22.3. The number of para-hydroxylation sites is 1. The lowest BCUT2D eigenvalue weighted by atomic mass is 9.64. The van der Waals surface area contributed by atoms with Gasteiger partial charge in [-0.2, -0.15) is 0 Å². The van der Waals surface area contributed by atoms with E-state index in [1.54, 1.807) is 19.2 Å². The zero-order valence-electron chi connectivity index (χ0n) is 38.1. The van der Waals surface area contributed by atoms with E-state index in [4.69, 9.17) is 29.7 Å². The van der Waals surface area contributed by atoms with Crippen molar-refractivity contribution in [1.82, 2.24) is 10.3 Å². The van der Waals surface area contributed by atoms with Crippen molar-refractivity contribution in [2.45, 2.75) is 95.5 Å². The number of carbonyl (C=O) groups is 1. The Balaban J connectivity index is 1.29. The van der Waals surface area contributed by atoms with E-state index >= 15 is 0 Å². The Bertz CT molecular complexity index is 2700. The second kappa shape index (κ2) is 18.2. The molecule has 338 valence electrons. The molecule has 4 bridgehead atoms. The smallest absolute Gasteiger partial charge is 0.302 e. The lowest BCUT2D eigenvalue weighted by Gasteiger charge is -2.40. The molecule has 1 aromatic heterocycles. The summed E-state index contributed by atoms with van der Waals surface area (Å²) in [6.45, 7) is 7.51. The van der Waals surface area contributed by atoms with Crippen molar-refractivity contribution in [1.29, 1.82) is 0 Å². The van der Waals surface area contributed by atoms with Gasteiger partial charge >= 0.3 is 5.97 Å². The fourth-order valence-electron chi connectivity index (χ4n) is 11.4. The second-order valence-corrected chi connectivity index (χ2v) is 18.1. The number of nitrogens with two attached hydrogens (primary N) is 1. The van der Waals surface area contributed by atoms with Crippen molar-refractivity contribution in [3.8, 4) is 51.7 Å². The molecule has 65 heavy (non-hydrogen) atoms. The largest absolute Gasteiger partial charge is 0.508 e. The molecule has 2 aliphatic carbocycles. The monoisotopic (exact) mass is 876 g/mol. The molecule has 11 nitrogen and oxygen atoms in total. The highest BCUT2D eigenvalue weighted by atomic mass is 16.5. The van der Waals surface area contributed by atoms with E-state index in [1.165, 1.54) is 12.5 Å². The number of nitrogens with zero attached hydrogens (tertiary/aromatic N) is 1. The highest BCUT2D eigenvalue weighted by Gasteiger charge is 2.52. The van der Waals surface area contributed by atoms with Gasteiger partial charge in [-0.3, -0.25) is 4.79 Å². The number of carbonyl (C=O) groups excluding carboxylic acids is 1. The molecule has 1 saturated carbocycles. The molecule has 5 atom stereocenters. The molecule has 5 aromatic rings. The van der Waals surface area contributed by atoms with E-state index in [1.807, 2.05) is 19.2 Å². The van der Waals surface area contributed by atoms with Crippen molar-refractivity contribution in [2.75, 3.05) is 51.5 Å². The number of rotatable bonds is 13. The van der Waals surface area contributed by atoms with Gasteiger partial charge in [0.15, 0.2) is 11.5 Å². The number of hydrogen-bond acceptors (Lipinski definition) is 11. The summed E-state index contributed by atoms with van der Waals surface area (Å²) >= 11 is 0. The van der Waals surface area contributed by atoms with E-state index in [9.17, 15) is 15.0 Å². The van der Waals surface area contributed by atoms with Gasteiger partial charge in [0.05, 0.1) is 13.0 Å². The van der Waals surface area contributed by atoms with E-state index in [0.29, 0.717) is 42.6 Å². The van der Waals surface area contributed by atoms with Crippen LogP contribution < -0.4 is 30.6 Å². The number of phenols is 2. The molecule has 2 aliphatic heterocycles. The average molecular weight is 877 g/mol. The maximum absolute atomic E-state index is 12.6. The molecule has 6 N–H and O–H groups in total. The van der Waals surface area contributed by atoms with Gasteiger partial charge in [0.2, 0.25) is 0 Å². The number of aromatic nitrogens is 1. The molecule has 11 heteroatoms. The number of likely N-dealkylation sites (N-methyl/N-ethyl adjacent to an activating group) is 1. The first-order chi connectivity index (χ1) is 31.6. The molecule has 1 fully saturated rings. The molecule has 4 aromatic carbocycles. The summed E-state index contributed by atoms with van der Waals surface area (Å²) in [6.07, 6.45) is 5.47. The van der Waals surface area contributed by atoms with Crippen molar-refractivity contribution in [2.24, 2.45) is 5.92 Å². The number of fused-ring (bicyclic) bond motifs is 7. The van der Waals surface area contributed by atoms with Crippen molar-refractivity contribution >= 4 is 17.5 Å². The summed E-state index contributed by atoms with van der Waals surface area (Å²) in [5.41, 5.74) is 18.2. The Hall–Kier alpha value is -6.38. The molecular formula is C54H60N4O7. The van der Waals surface area contributed by atoms with Crippen LogP contribution in [0.25, 0.3) is 11.1 Å². The second-order valence-electron chi connectivity index (χ2n) is 18.1. The first-order valence-electron chi connectivity index (χ1n) is 23.2. The number of nitrogens with one attached hydrogen (secondary N) is 2. The summed E-state index contributed by atoms with van der Waals surface area (Å²) in [5, 5.41) is 29.3. The number of hydrogen-bond donors (Lipinski definition) is 5. The average Bonchev–Trinajstić information content (AvgIpc) is 3.88. The number of phenolic OH excluding ortho intramolecular Hbond substituents is 2. The minimum Gasteiger partial charge on any atom is -0.508 e. The first-order valence-corrected chi connectivity index (χ1v) is 23.2. The third-order valence-corrected chi connectivity index (χ3v) is 14.3. The van der Waals surface area contributed by atoms with Crippen LogP contribution in [0, 0.1) is 17.8 Å². The van der Waals surface area contributed by atoms with Gasteiger partial charge < -0.3 is 45.5 Å². The first kappa shape index (κ1) is 43.9. The highest BCUT2D eigenvalue weighted by molar-refractivity contribution is 5.84. The van der Waals surface area contributed by atoms with Crippen LogP contribution in [0.4, 0.5) is 11.5 Å². The van der Waals surface area contributed by atoms with Crippen molar-refractivity contribution in [3.63, 3.8) is 0 Å². The van der Waals surface area contributed by atoms with E-state index < -0.39 is 11.5 Å². The van der Waals surface area contributed by atoms with Gasteiger partial charge in [0, 0.05) is 65.9 Å². The number of benzene rings is 4. The topological polar surface area (TPSA) is 157 Å². The normalized spacial score (nSPS) is 21.0. The molecule has 0 saturated heterocycles. The van der Waals surface area contributed by atoms with Crippen LogP contribution in [0.15, 0.2) is 66.7 Å². The number of esters is 1. The van der Waals surface area contributed by atoms with Gasteiger partial charge in [0.25, 0.3) is 0 Å². The van der Waals surface area contributed by atoms with Gasteiger partial charge in [-0.15, -0.1) is 0 Å². The fraction of sp³-hybridized carbons (Fsp3) is 0.407. The molecule has 0 unspecified atom stereocenters. The lowest BCUT2D eigenvalue weighted by Crippen LogP contribution is -2.31. The van der Waals surface area contributed by atoms with Gasteiger partial charge in [0.1, 0.15) is 48.1 Å². The number of aromatic hydroxyl groups is 2. The molecular weight excluding hydrogens is 817 g/mol. The highest BCUT2D eigenvalue weighted by Crippen LogP contribution is 2.63. The number of ether oxygens (including phenoxy) is 4. The minimum absolute atomic E-state index is 0.000443. The van der Waals surface area contributed by atoms with Gasteiger partial charge in [-0.25, -0.2) is 4.98 Å². The molecule has 3 heterocycles. The quantitative estimate of drug-likeness (QED) is 0.0437. The van der Waals surface area contributed by atoms with Crippen LogP contribution >= 0.6 is 0 Å². The third kappa shape index (κ3) is 8.18. The van der Waals surface area contributed by atoms with Crippen molar-refractivity contribution in [3.05, 3.63) is 117 Å². The summed E-state index contributed by atoms with van der Waals surface area (Å²) < 4.78 is 25.5. The number of aryl methyl sites for hydroxylation is 2. The van der Waals surface area contributed by atoms with Crippen LogP contribution in [0.5, 0.6) is 28.7 Å². The van der Waals surface area contributed by atoms with Gasteiger partial charge in [-0.1, -0.05) is 43.2 Å². The Kier molecular flexibility index (Phi) is 12.3. The SMILES string of the molecule is CCNc1ccccc1CC[C@H]1c2cc(CC)c(N)nc2C#CCc2cc(O)c(OCCNC)cc2[C@H]2Oc3c(ccc4c3[C@@]3(CC[C@H]1C3)Cc1cc(O)cc(OC)c1-4)[C@@H]2COC(C)=O. The number of pyridine rings is 1. The summed E-state index contributed by atoms with van der Waals surface area (Å²) in [5.74, 6) is 8.91. The van der Waals surface area contributed by atoms with E-state index in [2.05, 4.69) is 78.8 Å². The van der Waals surface area contributed by atoms with Crippen LogP contribution in [0.2, 0.25) is 0 Å².